The fraction of sp³-hybridized carbons (Fsp3) is 0.0588. The predicted molar refractivity (Wildman–Crippen MR) is 228 cm³/mol. The lowest BCUT2D eigenvalue weighted by Gasteiger charge is -2.22. The largest absolute Gasteiger partial charge is 0.254 e. The minimum Gasteiger partial charge on any atom is -0.254 e. The van der Waals surface area contributed by atoms with Gasteiger partial charge in [-0.1, -0.05) is 123 Å². The average Bonchev–Trinajstić information content (AvgIpc) is 3.51. The fourth-order valence-corrected chi connectivity index (χ4v) is 8.05. The van der Waals surface area contributed by atoms with Crippen molar-refractivity contribution in [2.24, 2.45) is 0 Å². The van der Waals surface area contributed by atoms with E-state index in [1.54, 1.807) is 0 Å². The number of hydrogen-bond donors (Lipinski definition) is 0. The van der Waals surface area contributed by atoms with Crippen LogP contribution in [0.25, 0.3) is 89.7 Å². The third-order valence-corrected chi connectivity index (χ3v) is 11.0. The molecular formula is C51H34N6. The zero-order valence-corrected chi connectivity index (χ0v) is 31.3. The molecule has 0 bridgehead atoms. The molecule has 0 saturated carbocycles. The van der Waals surface area contributed by atoms with Gasteiger partial charge in [0, 0.05) is 45.4 Å². The highest BCUT2D eigenvalue weighted by molar-refractivity contribution is 5.94. The van der Waals surface area contributed by atoms with Crippen molar-refractivity contribution in [3.8, 4) is 84.9 Å². The topological polar surface area (TPSA) is 88.2 Å². The molecule has 268 valence electrons. The molecule has 0 amide bonds. The molecule has 1 aliphatic carbocycles. The van der Waals surface area contributed by atoms with Gasteiger partial charge in [0.25, 0.3) is 0 Å². The monoisotopic (exact) mass is 730 g/mol. The van der Waals surface area contributed by atoms with Crippen LogP contribution in [0.3, 0.4) is 0 Å². The van der Waals surface area contributed by atoms with E-state index in [1.807, 2.05) is 85.2 Å². The van der Waals surface area contributed by atoms with Crippen molar-refractivity contribution < 1.29 is 0 Å². The van der Waals surface area contributed by atoms with E-state index in [-0.39, 0.29) is 5.41 Å². The molecule has 6 heteroatoms. The second-order valence-corrected chi connectivity index (χ2v) is 14.9. The number of hydrogen-bond acceptors (Lipinski definition) is 6. The Morgan fingerprint density at radius 1 is 0.439 bits per heavy atom. The predicted octanol–water partition coefficient (Wildman–Crippen LogP) is 12.0. The molecule has 0 spiro atoms. The van der Waals surface area contributed by atoms with Gasteiger partial charge in [0.05, 0.1) is 22.8 Å². The Morgan fingerprint density at radius 3 is 1.72 bits per heavy atom. The maximum absolute atomic E-state index is 9.70. The van der Waals surface area contributed by atoms with Crippen LogP contribution in [0.1, 0.15) is 30.5 Å². The van der Waals surface area contributed by atoms with Gasteiger partial charge in [-0.2, -0.15) is 5.26 Å². The van der Waals surface area contributed by atoms with E-state index in [0.717, 1.165) is 66.7 Å². The normalized spacial score (nSPS) is 12.5. The molecule has 1 aliphatic rings. The van der Waals surface area contributed by atoms with Crippen LogP contribution in [0.4, 0.5) is 0 Å². The van der Waals surface area contributed by atoms with E-state index >= 15 is 0 Å². The first-order valence-electron chi connectivity index (χ1n) is 19.0. The number of pyridine rings is 2. The van der Waals surface area contributed by atoms with E-state index < -0.39 is 0 Å². The molecule has 0 aliphatic heterocycles. The highest BCUT2D eigenvalue weighted by Crippen LogP contribution is 2.50. The van der Waals surface area contributed by atoms with Crippen molar-refractivity contribution in [2.45, 2.75) is 19.3 Å². The Hall–Kier alpha value is -7.62. The van der Waals surface area contributed by atoms with Crippen molar-refractivity contribution in [3.63, 3.8) is 0 Å². The smallest absolute Gasteiger partial charge is 0.164 e. The molecule has 3 heterocycles. The number of rotatable bonds is 6. The third-order valence-electron chi connectivity index (χ3n) is 11.0. The molecule has 0 atom stereocenters. The van der Waals surface area contributed by atoms with Gasteiger partial charge in [-0.05, 0) is 93.0 Å². The Balaban J connectivity index is 1.17. The third kappa shape index (κ3) is 6.03. The van der Waals surface area contributed by atoms with Crippen LogP contribution in [0.5, 0.6) is 0 Å². The van der Waals surface area contributed by atoms with Crippen LogP contribution in [0.15, 0.2) is 170 Å². The molecule has 0 unspecified atom stereocenters. The summed E-state index contributed by atoms with van der Waals surface area (Å²) in [5.74, 6) is 1.73. The Morgan fingerprint density at radius 2 is 1.00 bits per heavy atom. The van der Waals surface area contributed by atoms with Crippen molar-refractivity contribution in [2.75, 3.05) is 0 Å². The van der Waals surface area contributed by atoms with Crippen molar-refractivity contribution in [1.29, 1.82) is 5.26 Å². The molecule has 0 fully saturated rings. The quantitative estimate of drug-likeness (QED) is 0.169. The Kier molecular flexibility index (Phi) is 8.09. The first kappa shape index (κ1) is 33.9. The summed E-state index contributed by atoms with van der Waals surface area (Å²) in [6.07, 6.45) is 3.65. The van der Waals surface area contributed by atoms with Crippen molar-refractivity contribution >= 4 is 10.9 Å². The molecule has 10 rings (SSSR count). The maximum atomic E-state index is 9.70. The molecule has 0 saturated heterocycles. The number of benzene rings is 6. The first-order valence-corrected chi connectivity index (χ1v) is 19.0. The number of nitrogens with zero attached hydrogens (tertiary/aromatic N) is 6. The molecule has 0 N–H and O–H groups in total. The Labute approximate surface area is 330 Å². The van der Waals surface area contributed by atoms with Crippen LogP contribution in [-0.4, -0.2) is 24.9 Å². The minimum atomic E-state index is -0.293. The molecule has 0 radical (unpaired) electrons. The number of aromatic nitrogens is 5. The lowest BCUT2D eigenvalue weighted by atomic mass is 9.81. The maximum Gasteiger partial charge on any atom is 0.164 e. The summed E-state index contributed by atoms with van der Waals surface area (Å²) in [5, 5.41) is 10.7. The Bertz CT molecular complexity index is 3030. The SMILES string of the molecule is CC1(C)c2cc(C#N)ccc2-c2ccc(-c3cc(-c4nc(-c5ccccc5)nc(-c5ccc(-c6ccccc6)cc5)n4)cc(-c4nccc5cccnc45)c3)cc21. The average molecular weight is 731 g/mol. The van der Waals surface area contributed by atoms with Gasteiger partial charge < -0.3 is 0 Å². The summed E-state index contributed by atoms with van der Waals surface area (Å²) in [4.78, 5) is 25.0. The van der Waals surface area contributed by atoms with Crippen molar-refractivity contribution in [1.82, 2.24) is 24.9 Å². The second-order valence-electron chi connectivity index (χ2n) is 14.9. The highest BCUT2D eigenvalue weighted by atomic mass is 15.0. The minimum absolute atomic E-state index is 0.293. The van der Waals surface area contributed by atoms with Gasteiger partial charge >= 0.3 is 0 Å². The van der Waals surface area contributed by atoms with E-state index in [4.69, 9.17) is 24.9 Å². The summed E-state index contributed by atoms with van der Waals surface area (Å²) in [7, 11) is 0. The van der Waals surface area contributed by atoms with Crippen LogP contribution in [0, 0.1) is 11.3 Å². The number of fused-ring (bicyclic) bond motifs is 4. The van der Waals surface area contributed by atoms with Crippen molar-refractivity contribution in [3.05, 3.63) is 187 Å². The molecule has 6 nitrogen and oxygen atoms in total. The lowest BCUT2D eigenvalue weighted by molar-refractivity contribution is 0.660. The zero-order valence-electron chi connectivity index (χ0n) is 31.3. The molecule has 6 aromatic carbocycles. The standard InChI is InChI=1S/C51H34N6/c1-51(2)44-26-32(31-52)15-21-42(44)43-22-20-38(30-45(43)51)39-27-40(47-46-35(23-25-54-47)14-9-24-53-46)29-41(28-39)50-56-48(36-12-7-4-8-13-36)55-49(57-50)37-18-16-34(17-19-37)33-10-5-3-6-11-33/h3-30H,1-2H3. The zero-order chi connectivity index (χ0) is 38.5. The van der Waals surface area contributed by atoms with E-state index in [2.05, 4.69) is 105 Å². The summed E-state index contributed by atoms with van der Waals surface area (Å²) in [6.45, 7) is 4.47. The summed E-state index contributed by atoms with van der Waals surface area (Å²) in [5.41, 5.74) is 14.6. The lowest BCUT2D eigenvalue weighted by Crippen LogP contribution is -2.15. The summed E-state index contributed by atoms with van der Waals surface area (Å²) >= 11 is 0. The molecule has 3 aromatic heterocycles. The van der Waals surface area contributed by atoms with Crippen LogP contribution < -0.4 is 0 Å². The van der Waals surface area contributed by atoms with Gasteiger partial charge in [-0.25, -0.2) is 15.0 Å². The van der Waals surface area contributed by atoms with Gasteiger partial charge in [-0.15, -0.1) is 0 Å². The molecule has 9 aromatic rings. The molecular weight excluding hydrogens is 697 g/mol. The van der Waals surface area contributed by atoms with Crippen LogP contribution in [0.2, 0.25) is 0 Å². The highest BCUT2D eigenvalue weighted by Gasteiger charge is 2.36. The van der Waals surface area contributed by atoms with E-state index in [9.17, 15) is 5.26 Å². The first-order chi connectivity index (χ1) is 27.9. The molecule has 57 heavy (non-hydrogen) atoms. The summed E-state index contributed by atoms with van der Waals surface area (Å²) < 4.78 is 0. The van der Waals surface area contributed by atoms with Gasteiger partial charge in [0.1, 0.15) is 0 Å². The van der Waals surface area contributed by atoms with E-state index in [1.165, 1.54) is 16.7 Å². The van der Waals surface area contributed by atoms with Crippen LogP contribution in [-0.2, 0) is 5.41 Å². The fourth-order valence-electron chi connectivity index (χ4n) is 8.05. The number of nitriles is 1. The van der Waals surface area contributed by atoms with E-state index in [0.29, 0.717) is 23.0 Å². The summed E-state index contributed by atoms with van der Waals surface area (Å²) in [6, 6.07) is 56.3. The van der Waals surface area contributed by atoms with Gasteiger partial charge in [0.15, 0.2) is 17.5 Å². The van der Waals surface area contributed by atoms with Gasteiger partial charge in [0.2, 0.25) is 0 Å². The second kappa shape index (κ2) is 13.6. The van der Waals surface area contributed by atoms with Crippen LogP contribution >= 0.6 is 0 Å². The van der Waals surface area contributed by atoms with Gasteiger partial charge in [-0.3, -0.25) is 9.97 Å².